The lowest BCUT2D eigenvalue weighted by Gasteiger charge is -2.09. The van der Waals surface area contributed by atoms with E-state index in [4.69, 9.17) is 0 Å². The highest BCUT2D eigenvalue weighted by Crippen LogP contribution is 2.23. The second-order valence-corrected chi connectivity index (χ2v) is 6.05. The van der Waals surface area contributed by atoms with E-state index >= 15 is 0 Å². The molecule has 0 spiro atoms. The monoisotopic (exact) mass is 334 g/mol. The zero-order chi connectivity index (χ0) is 17.6. The summed E-state index contributed by atoms with van der Waals surface area (Å²) in [6.07, 6.45) is 8.22. The molecule has 0 aliphatic heterocycles. The van der Waals surface area contributed by atoms with E-state index in [1.165, 1.54) is 0 Å². The summed E-state index contributed by atoms with van der Waals surface area (Å²) in [4.78, 5) is 20.7. The van der Waals surface area contributed by atoms with Crippen LogP contribution in [0.25, 0.3) is 11.1 Å². The Hall–Kier alpha value is -2.95. The fourth-order valence-electron chi connectivity index (χ4n) is 2.82. The number of carbonyl (C=O) groups is 1. The van der Waals surface area contributed by atoms with E-state index in [1.54, 1.807) is 12.4 Å². The quantitative estimate of drug-likeness (QED) is 0.703. The van der Waals surface area contributed by atoms with Crippen LogP contribution < -0.4 is 5.32 Å². The molecule has 1 amide bonds. The van der Waals surface area contributed by atoms with E-state index in [2.05, 4.69) is 19.9 Å². The Bertz CT molecular complexity index is 869. The molecule has 0 saturated carbocycles. The summed E-state index contributed by atoms with van der Waals surface area (Å²) < 4.78 is 2.08. The first-order valence-electron chi connectivity index (χ1n) is 8.42. The van der Waals surface area contributed by atoms with Crippen molar-refractivity contribution in [3.63, 3.8) is 0 Å². The second kappa shape index (κ2) is 7.75. The van der Waals surface area contributed by atoms with Gasteiger partial charge in [-0.05, 0) is 55.2 Å². The van der Waals surface area contributed by atoms with Crippen LogP contribution in [0.2, 0.25) is 0 Å². The molecule has 2 aromatic heterocycles. The number of hydrogen-bond acceptors (Lipinski definition) is 3. The van der Waals surface area contributed by atoms with E-state index in [1.807, 2.05) is 56.6 Å². The molecule has 0 atom stereocenters. The first-order valence-corrected chi connectivity index (χ1v) is 8.42. The number of carbonyl (C=O) groups excluding carboxylic acids is 1. The fourth-order valence-corrected chi connectivity index (χ4v) is 2.82. The van der Waals surface area contributed by atoms with Gasteiger partial charge in [0.15, 0.2) is 0 Å². The van der Waals surface area contributed by atoms with Crippen LogP contribution in [0.15, 0.2) is 55.1 Å². The van der Waals surface area contributed by atoms with Gasteiger partial charge in [-0.15, -0.1) is 0 Å². The summed E-state index contributed by atoms with van der Waals surface area (Å²) in [5.74, 6) is 0.947. The van der Waals surface area contributed by atoms with Gasteiger partial charge in [-0.25, -0.2) is 4.98 Å². The molecule has 0 saturated heterocycles. The molecule has 0 unspecified atom stereocenters. The van der Waals surface area contributed by atoms with Crippen LogP contribution in [0.4, 0.5) is 0 Å². The summed E-state index contributed by atoms with van der Waals surface area (Å²) in [6, 6.07) is 9.67. The molecular weight excluding hydrogens is 312 g/mol. The lowest BCUT2D eigenvalue weighted by molar-refractivity contribution is 0.0953. The third kappa shape index (κ3) is 4.12. The minimum absolute atomic E-state index is 0.0455. The zero-order valence-corrected chi connectivity index (χ0v) is 14.6. The van der Waals surface area contributed by atoms with Gasteiger partial charge in [0.25, 0.3) is 5.91 Å². The van der Waals surface area contributed by atoms with Gasteiger partial charge in [0.1, 0.15) is 5.82 Å². The normalized spacial score (nSPS) is 10.6. The van der Waals surface area contributed by atoms with Gasteiger partial charge in [0, 0.05) is 43.4 Å². The molecule has 25 heavy (non-hydrogen) atoms. The lowest BCUT2D eigenvalue weighted by Crippen LogP contribution is -2.25. The number of benzene rings is 1. The first kappa shape index (κ1) is 16.9. The Kier molecular flexibility index (Phi) is 5.23. The van der Waals surface area contributed by atoms with E-state index in [0.29, 0.717) is 12.1 Å². The smallest absolute Gasteiger partial charge is 0.251 e. The lowest BCUT2D eigenvalue weighted by atomic mass is 10.0. The fraction of sp³-hybridized carbons (Fsp3) is 0.250. The molecule has 0 radical (unpaired) electrons. The molecule has 5 nitrogen and oxygen atoms in total. The Labute approximate surface area is 147 Å². The van der Waals surface area contributed by atoms with Crippen molar-refractivity contribution in [1.82, 2.24) is 19.9 Å². The summed E-state index contributed by atoms with van der Waals surface area (Å²) in [5, 5.41) is 2.99. The van der Waals surface area contributed by atoms with Crippen molar-refractivity contribution in [1.29, 1.82) is 0 Å². The topological polar surface area (TPSA) is 59.8 Å². The number of pyridine rings is 1. The zero-order valence-electron chi connectivity index (χ0n) is 14.6. The number of imidazole rings is 1. The average molecular weight is 334 g/mol. The molecule has 0 aliphatic carbocycles. The highest BCUT2D eigenvalue weighted by molar-refractivity contribution is 5.95. The molecule has 3 rings (SSSR count). The van der Waals surface area contributed by atoms with Crippen molar-refractivity contribution in [2.45, 2.75) is 26.8 Å². The Morgan fingerprint density at radius 3 is 2.84 bits per heavy atom. The van der Waals surface area contributed by atoms with Crippen molar-refractivity contribution in [2.75, 3.05) is 6.54 Å². The van der Waals surface area contributed by atoms with Gasteiger partial charge in [-0.1, -0.05) is 12.1 Å². The molecule has 0 bridgehead atoms. The molecule has 3 aromatic rings. The highest BCUT2D eigenvalue weighted by atomic mass is 16.1. The van der Waals surface area contributed by atoms with E-state index in [0.717, 1.165) is 35.5 Å². The number of amides is 1. The van der Waals surface area contributed by atoms with Gasteiger partial charge in [0.2, 0.25) is 0 Å². The van der Waals surface area contributed by atoms with Crippen molar-refractivity contribution in [3.05, 3.63) is 72.1 Å². The van der Waals surface area contributed by atoms with Gasteiger partial charge in [-0.2, -0.15) is 0 Å². The van der Waals surface area contributed by atoms with Crippen LogP contribution in [-0.2, 0) is 6.54 Å². The molecule has 1 N–H and O–H groups in total. The largest absolute Gasteiger partial charge is 0.352 e. The van der Waals surface area contributed by atoms with Crippen LogP contribution in [0.5, 0.6) is 0 Å². The predicted octanol–water partition coefficient (Wildman–Crippen LogP) is 3.38. The van der Waals surface area contributed by atoms with Crippen molar-refractivity contribution in [3.8, 4) is 11.1 Å². The van der Waals surface area contributed by atoms with Crippen LogP contribution in [0.3, 0.4) is 0 Å². The summed E-state index contributed by atoms with van der Waals surface area (Å²) in [5.41, 5.74) is 3.89. The summed E-state index contributed by atoms with van der Waals surface area (Å²) >= 11 is 0. The number of nitrogens with zero attached hydrogens (tertiary/aromatic N) is 3. The van der Waals surface area contributed by atoms with Crippen molar-refractivity contribution in [2.24, 2.45) is 0 Å². The Morgan fingerprint density at radius 1 is 1.20 bits per heavy atom. The van der Waals surface area contributed by atoms with Crippen LogP contribution >= 0.6 is 0 Å². The molecule has 128 valence electrons. The number of hydrogen-bond donors (Lipinski definition) is 1. The van der Waals surface area contributed by atoms with Crippen LogP contribution in [0.1, 0.15) is 28.2 Å². The van der Waals surface area contributed by atoms with E-state index in [-0.39, 0.29) is 5.91 Å². The first-order chi connectivity index (χ1) is 12.1. The average Bonchev–Trinajstić information content (AvgIpc) is 3.04. The molecule has 2 heterocycles. The Balaban J connectivity index is 1.60. The summed E-state index contributed by atoms with van der Waals surface area (Å²) in [6.45, 7) is 5.48. The second-order valence-electron chi connectivity index (χ2n) is 6.05. The third-order valence-electron chi connectivity index (χ3n) is 4.24. The molecular formula is C20H22N4O. The molecule has 0 fully saturated rings. The maximum atomic E-state index is 12.4. The summed E-state index contributed by atoms with van der Waals surface area (Å²) in [7, 11) is 0. The maximum absolute atomic E-state index is 12.4. The number of nitrogens with one attached hydrogen (secondary N) is 1. The van der Waals surface area contributed by atoms with E-state index < -0.39 is 0 Å². The van der Waals surface area contributed by atoms with Crippen LogP contribution in [-0.4, -0.2) is 27.0 Å². The van der Waals surface area contributed by atoms with Crippen LogP contribution in [0, 0.1) is 13.8 Å². The van der Waals surface area contributed by atoms with E-state index in [9.17, 15) is 4.79 Å². The number of aryl methyl sites for hydroxylation is 3. The standard InChI is InChI=1S/C20H22N4O/c1-15-14-21-9-7-19(15)17-5-3-6-18(13-17)20(25)23-8-4-11-24-12-10-22-16(24)2/h3,5-7,9-10,12-14H,4,8,11H2,1-2H3,(H,23,25). The van der Waals surface area contributed by atoms with Crippen molar-refractivity contribution < 1.29 is 4.79 Å². The third-order valence-corrected chi connectivity index (χ3v) is 4.24. The minimum Gasteiger partial charge on any atom is -0.352 e. The maximum Gasteiger partial charge on any atom is 0.251 e. The number of rotatable bonds is 6. The number of aromatic nitrogens is 3. The molecule has 5 heteroatoms. The molecule has 1 aromatic carbocycles. The Morgan fingerprint density at radius 2 is 2.08 bits per heavy atom. The van der Waals surface area contributed by atoms with Gasteiger partial charge >= 0.3 is 0 Å². The van der Waals surface area contributed by atoms with Gasteiger partial charge < -0.3 is 9.88 Å². The predicted molar refractivity (Wildman–Crippen MR) is 98.3 cm³/mol. The highest BCUT2D eigenvalue weighted by Gasteiger charge is 2.08. The minimum atomic E-state index is -0.0455. The molecule has 0 aliphatic rings. The van der Waals surface area contributed by atoms with Gasteiger partial charge in [-0.3, -0.25) is 9.78 Å². The SMILES string of the molecule is Cc1cnccc1-c1cccc(C(=O)NCCCn2ccnc2C)c1. The van der Waals surface area contributed by atoms with Gasteiger partial charge in [0.05, 0.1) is 0 Å². The van der Waals surface area contributed by atoms with Crippen molar-refractivity contribution >= 4 is 5.91 Å².